The number of hydrogen-bond acceptors (Lipinski definition) is 2. The van der Waals surface area contributed by atoms with Crippen LogP contribution in [0.5, 0.6) is 0 Å². The molecule has 11 heavy (non-hydrogen) atoms. The van der Waals surface area contributed by atoms with Crippen LogP contribution in [0.4, 0.5) is 5.69 Å². The second kappa shape index (κ2) is 11.7. The normalized spacial score (nSPS) is 6.55. The van der Waals surface area contributed by atoms with Crippen molar-refractivity contribution in [2.45, 2.75) is 13.8 Å². The lowest BCUT2D eigenvalue weighted by Gasteiger charge is -1.83. The molecule has 0 amide bonds. The molecule has 0 radical (unpaired) electrons. The van der Waals surface area contributed by atoms with Gasteiger partial charge in [-0.05, 0) is 19.2 Å². The molecule has 0 heterocycles. The Bertz CT molecular complexity index is 137. The molecular formula is C9H18N2. The van der Waals surface area contributed by atoms with Crippen LogP contribution in [0.1, 0.15) is 13.8 Å². The van der Waals surface area contributed by atoms with Gasteiger partial charge in [-0.15, -0.1) is 0 Å². The molecule has 1 rings (SSSR count). The molecule has 0 aliphatic carbocycles. The molecule has 0 saturated heterocycles. The molecule has 0 aliphatic rings. The van der Waals surface area contributed by atoms with Crippen LogP contribution in [0.2, 0.25) is 0 Å². The zero-order valence-corrected chi connectivity index (χ0v) is 7.54. The van der Waals surface area contributed by atoms with Gasteiger partial charge in [0.2, 0.25) is 0 Å². The fourth-order valence-corrected chi connectivity index (χ4v) is 0.453. The summed E-state index contributed by atoms with van der Waals surface area (Å²) in [5.74, 6) is 0. The van der Waals surface area contributed by atoms with Gasteiger partial charge >= 0.3 is 0 Å². The van der Waals surface area contributed by atoms with E-state index in [4.69, 9.17) is 5.73 Å². The van der Waals surface area contributed by atoms with Crippen LogP contribution in [0.3, 0.4) is 0 Å². The Hall–Kier alpha value is -1.02. The summed E-state index contributed by atoms with van der Waals surface area (Å²) < 4.78 is 0. The Morgan fingerprint density at radius 3 is 1.45 bits per heavy atom. The van der Waals surface area contributed by atoms with E-state index in [1.807, 2.05) is 44.2 Å². The van der Waals surface area contributed by atoms with Gasteiger partial charge in [-0.3, -0.25) is 0 Å². The van der Waals surface area contributed by atoms with Crippen LogP contribution in [-0.2, 0) is 0 Å². The van der Waals surface area contributed by atoms with E-state index in [2.05, 4.69) is 5.73 Å². The van der Waals surface area contributed by atoms with Crippen molar-refractivity contribution in [3.8, 4) is 0 Å². The first-order valence-corrected chi connectivity index (χ1v) is 3.78. The van der Waals surface area contributed by atoms with Gasteiger partial charge < -0.3 is 11.5 Å². The SMILES string of the molecule is CC.CN.Nc1ccccc1. The minimum atomic E-state index is 0.822. The first kappa shape index (κ1) is 12.6. The molecule has 1 aromatic carbocycles. The highest BCUT2D eigenvalue weighted by molar-refractivity contribution is 5.35. The van der Waals surface area contributed by atoms with Crippen LogP contribution in [0.15, 0.2) is 30.3 Å². The standard InChI is InChI=1S/C6H7N.C2H6.CH5N/c7-6-4-2-1-3-5-6;2*1-2/h1-5H,7H2;1-2H3;2H2,1H3. The Balaban J connectivity index is 0. The molecule has 64 valence electrons. The topological polar surface area (TPSA) is 52.0 Å². The first-order valence-electron chi connectivity index (χ1n) is 3.78. The van der Waals surface area contributed by atoms with Crippen molar-refractivity contribution < 1.29 is 0 Å². The predicted octanol–water partition coefficient (Wildman–Crippen LogP) is 1.87. The van der Waals surface area contributed by atoms with E-state index in [1.54, 1.807) is 0 Å². The molecule has 2 nitrogen and oxygen atoms in total. The number of hydrogen-bond donors (Lipinski definition) is 2. The van der Waals surface area contributed by atoms with Crippen molar-refractivity contribution in [3.05, 3.63) is 30.3 Å². The highest BCUT2D eigenvalue weighted by Gasteiger charge is 1.72. The van der Waals surface area contributed by atoms with E-state index in [0.29, 0.717) is 0 Å². The number of benzene rings is 1. The summed E-state index contributed by atoms with van der Waals surface area (Å²) in [7, 11) is 1.50. The maximum absolute atomic E-state index is 5.36. The summed E-state index contributed by atoms with van der Waals surface area (Å²) in [4.78, 5) is 0. The van der Waals surface area contributed by atoms with E-state index in [-0.39, 0.29) is 0 Å². The summed E-state index contributed by atoms with van der Waals surface area (Å²) in [6, 6.07) is 9.49. The van der Waals surface area contributed by atoms with E-state index in [0.717, 1.165) is 5.69 Å². The molecule has 0 aliphatic heterocycles. The number of anilines is 1. The molecule has 0 spiro atoms. The summed E-state index contributed by atoms with van der Waals surface area (Å²) in [6.07, 6.45) is 0. The number of nitrogen functional groups attached to an aromatic ring is 1. The fraction of sp³-hybridized carbons (Fsp3) is 0.333. The summed E-state index contributed by atoms with van der Waals surface area (Å²) in [6.45, 7) is 4.00. The molecule has 4 N–H and O–H groups in total. The lowest BCUT2D eigenvalue weighted by Crippen LogP contribution is -1.79. The molecule has 0 fully saturated rings. The first-order chi connectivity index (χ1) is 5.39. The van der Waals surface area contributed by atoms with E-state index >= 15 is 0 Å². The van der Waals surface area contributed by atoms with Crippen molar-refractivity contribution in [3.63, 3.8) is 0 Å². The van der Waals surface area contributed by atoms with Crippen molar-refractivity contribution in [1.82, 2.24) is 0 Å². The maximum Gasteiger partial charge on any atom is 0.0313 e. The van der Waals surface area contributed by atoms with Gasteiger partial charge in [0.15, 0.2) is 0 Å². The highest BCUT2D eigenvalue weighted by atomic mass is 14.5. The monoisotopic (exact) mass is 154 g/mol. The molecule has 1 aromatic rings. The van der Waals surface area contributed by atoms with Gasteiger partial charge in [0, 0.05) is 5.69 Å². The van der Waals surface area contributed by atoms with Gasteiger partial charge in [0.25, 0.3) is 0 Å². The molecule has 2 heteroatoms. The number of nitrogens with two attached hydrogens (primary N) is 2. The number of para-hydroxylation sites is 1. The third-order valence-electron chi connectivity index (χ3n) is 0.800. The Morgan fingerprint density at radius 2 is 1.27 bits per heavy atom. The molecular weight excluding hydrogens is 136 g/mol. The minimum Gasteiger partial charge on any atom is -0.399 e. The van der Waals surface area contributed by atoms with Crippen molar-refractivity contribution >= 4 is 5.69 Å². The smallest absolute Gasteiger partial charge is 0.0313 e. The average Bonchev–Trinajstić information content (AvgIpc) is 2.13. The number of rotatable bonds is 0. The van der Waals surface area contributed by atoms with Crippen LogP contribution < -0.4 is 11.5 Å². The van der Waals surface area contributed by atoms with Crippen molar-refractivity contribution in [1.29, 1.82) is 0 Å². The predicted molar refractivity (Wildman–Crippen MR) is 52.3 cm³/mol. The Morgan fingerprint density at radius 1 is 0.909 bits per heavy atom. The molecule has 0 bridgehead atoms. The molecule has 0 unspecified atom stereocenters. The van der Waals surface area contributed by atoms with Crippen LogP contribution >= 0.6 is 0 Å². The van der Waals surface area contributed by atoms with Gasteiger partial charge in [0.05, 0.1) is 0 Å². The van der Waals surface area contributed by atoms with Crippen LogP contribution in [0.25, 0.3) is 0 Å². The zero-order chi connectivity index (χ0) is 9.11. The quantitative estimate of drug-likeness (QED) is 0.560. The van der Waals surface area contributed by atoms with Gasteiger partial charge in [-0.25, -0.2) is 0 Å². The summed E-state index contributed by atoms with van der Waals surface area (Å²) >= 11 is 0. The maximum atomic E-state index is 5.36. The molecule has 0 aromatic heterocycles. The van der Waals surface area contributed by atoms with E-state index in [1.165, 1.54) is 7.05 Å². The van der Waals surface area contributed by atoms with Crippen LogP contribution in [0, 0.1) is 0 Å². The molecule has 0 atom stereocenters. The summed E-state index contributed by atoms with van der Waals surface area (Å²) in [5, 5.41) is 0. The summed E-state index contributed by atoms with van der Waals surface area (Å²) in [5.41, 5.74) is 10.7. The lowest BCUT2D eigenvalue weighted by atomic mass is 10.3. The Labute approximate surface area is 69.2 Å². The third-order valence-corrected chi connectivity index (χ3v) is 0.800. The average molecular weight is 154 g/mol. The van der Waals surface area contributed by atoms with Gasteiger partial charge in [-0.2, -0.15) is 0 Å². The van der Waals surface area contributed by atoms with Gasteiger partial charge in [-0.1, -0.05) is 32.0 Å². The second-order valence-corrected chi connectivity index (χ2v) is 1.41. The third kappa shape index (κ3) is 8.98. The minimum absolute atomic E-state index is 0.822. The second-order valence-electron chi connectivity index (χ2n) is 1.41. The van der Waals surface area contributed by atoms with E-state index in [9.17, 15) is 0 Å². The zero-order valence-electron chi connectivity index (χ0n) is 7.54. The fourth-order valence-electron chi connectivity index (χ4n) is 0.453. The van der Waals surface area contributed by atoms with E-state index < -0.39 is 0 Å². The van der Waals surface area contributed by atoms with Gasteiger partial charge in [0.1, 0.15) is 0 Å². The highest BCUT2D eigenvalue weighted by Crippen LogP contribution is 1.95. The van der Waals surface area contributed by atoms with Crippen molar-refractivity contribution in [2.24, 2.45) is 5.73 Å². The largest absolute Gasteiger partial charge is 0.399 e. The van der Waals surface area contributed by atoms with Crippen molar-refractivity contribution in [2.75, 3.05) is 12.8 Å². The molecule has 0 saturated carbocycles. The van der Waals surface area contributed by atoms with Crippen LogP contribution in [-0.4, -0.2) is 7.05 Å². The lowest BCUT2D eigenvalue weighted by molar-refractivity contribution is 1.48. The Kier molecular flexibility index (Phi) is 13.5.